The van der Waals surface area contributed by atoms with Crippen LogP contribution in [0.2, 0.25) is 5.02 Å². The summed E-state index contributed by atoms with van der Waals surface area (Å²) in [6, 6.07) is 7.29. The number of benzene rings is 1. The molecule has 2 aliphatic rings. The molecule has 102 valence electrons. The molecule has 19 heavy (non-hydrogen) atoms. The molecule has 3 rings (SSSR count). The van der Waals surface area contributed by atoms with E-state index in [0.29, 0.717) is 22.8 Å². The zero-order valence-corrected chi connectivity index (χ0v) is 11.2. The molecule has 2 fully saturated rings. The molecule has 1 aromatic carbocycles. The van der Waals surface area contributed by atoms with Crippen LogP contribution in [-0.4, -0.2) is 31.3 Å². The molecule has 1 saturated carbocycles. The van der Waals surface area contributed by atoms with Gasteiger partial charge in [0.05, 0.1) is 6.10 Å². The maximum absolute atomic E-state index is 11.8. The summed E-state index contributed by atoms with van der Waals surface area (Å²) in [5.41, 5.74) is 0. The number of halogens is 1. The molecule has 0 aromatic heterocycles. The highest BCUT2D eigenvalue weighted by Crippen LogP contribution is 2.38. The summed E-state index contributed by atoms with van der Waals surface area (Å²) in [4.78, 5) is 11.8. The van der Waals surface area contributed by atoms with E-state index >= 15 is 0 Å². The van der Waals surface area contributed by atoms with Crippen molar-refractivity contribution in [3.8, 4) is 5.75 Å². The van der Waals surface area contributed by atoms with Gasteiger partial charge in [-0.1, -0.05) is 17.7 Å². The first kappa shape index (κ1) is 12.8. The van der Waals surface area contributed by atoms with Crippen molar-refractivity contribution in [2.24, 2.45) is 5.92 Å². The SMILES string of the molecule is O=C(COc1cccc(Cl)c1)N[C@@H]1C[C@H]2OCC[C@@H]12. The predicted molar refractivity (Wildman–Crippen MR) is 71.3 cm³/mol. The van der Waals surface area contributed by atoms with Gasteiger partial charge >= 0.3 is 0 Å². The van der Waals surface area contributed by atoms with E-state index in [-0.39, 0.29) is 18.6 Å². The van der Waals surface area contributed by atoms with E-state index in [9.17, 15) is 4.79 Å². The Labute approximate surface area is 117 Å². The lowest BCUT2D eigenvalue weighted by atomic mass is 9.76. The third-order valence-electron chi connectivity index (χ3n) is 3.78. The van der Waals surface area contributed by atoms with Crippen LogP contribution in [0.1, 0.15) is 12.8 Å². The second-order valence-electron chi connectivity index (χ2n) is 5.02. The summed E-state index contributed by atoms with van der Waals surface area (Å²) < 4.78 is 10.9. The first-order valence-electron chi connectivity index (χ1n) is 6.52. The highest BCUT2D eigenvalue weighted by Gasteiger charge is 2.45. The first-order valence-corrected chi connectivity index (χ1v) is 6.89. The molecule has 5 heteroatoms. The second-order valence-corrected chi connectivity index (χ2v) is 5.45. The van der Waals surface area contributed by atoms with E-state index in [2.05, 4.69) is 5.32 Å². The van der Waals surface area contributed by atoms with Crippen molar-refractivity contribution in [1.29, 1.82) is 0 Å². The minimum atomic E-state index is -0.0877. The molecule has 1 aromatic rings. The highest BCUT2D eigenvalue weighted by molar-refractivity contribution is 6.30. The highest BCUT2D eigenvalue weighted by atomic mass is 35.5. The quantitative estimate of drug-likeness (QED) is 0.918. The lowest BCUT2D eigenvalue weighted by Gasteiger charge is -2.39. The summed E-state index contributed by atoms with van der Waals surface area (Å²) in [5.74, 6) is 1.02. The van der Waals surface area contributed by atoms with Crippen LogP contribution in [-0.2, 0) is 9.53 Å². The monoisotopic (exact) mass is 281 g/mol. The van der Waals surface area contributed by atoms with Gasteiger partial charge in [-0.2, -0.15) is 0 Å². The Morgan fingerprint density at radius 3 is 3.21 bits per heavy atom. The minimum absolute atomic E-state index is 0.0229. The Morgan fingerprint density at radius 2 is 2.42 bits per heavy atom. The maximum atomic E-state index is 11.8. The fourth-order valence-corrected chi connectivity index (χ4v) is 2.90. The second kappa shape index (κ2) is 5.39. The third kappa shape index (κ3) is 2.85. The third-order valence-corrected chi connectivity index (χ3v) is 4.01. The number of carbonyl (C=O) groups is 1. The topological polar surface area (TPSA) is 47.6 Å². The van der Waals surface area contributed by atoms with Gasteiger partial charge in [-0.25, -0.2) is 0 Å². The van der Waals surface area contributed by atoms with Crippen LogP contribution in [0.15, 0.2) is 24.3 Å². The average molecular weight is 282 g/mol. The van der Waals surface area contributed by atoms with Crippen molar-refractivity contribution < 1.29 is 14.3 Å². The van der Waals surface area contributed by atoms with Crippen molar-refractivity contribution in [2.75, 3.05) is 13.2 Å². The predicted octanol–water partition coefficient (Wildman–Crippen LogP) is 2.01. The van der Waals surface area contributed by atoms with Gasteiger partial charge in [-0.15, -0.1) is 0 Å². The minimum Gasteiger partial charge on any atom is -0.484 e. The van der Waals surface area contributed by atoms with Gasteiger partial charge in [-0.3, -0.25) is 4.79 Å². The smallest absolute Gasteiger partial charge is 0.258 e. The zero-order valence-electron chi connectivity index (χ0n) is 10.5. The molecule has 1 amide bonds. The molecule has 1 aliphatic carbocycles. The molecule has 0 spiro atoms. The lowest BCUT2D eigenvalue weighted by Crippen LogP contribution is -2.54. The maximum Gasteiger partial charge on any atom is 0.258 e. The van der Waals surface area contributed by atoms with E-state index in [0.717, 1.165) is 19.4 Å². The van der Waals surface area contributed by atoms with E-state index in [4.69, 9.17) is 21.1 Å². The summed E-state index contributed by atoms with van der Waals surface area (Å²) in [5, 5.41) is 3.60. The first-order chi connectivity index (χ1) is 9.22. The molecule has 1 heterocycles. The average Bonchev–Trinajstić information content (AvgIpc) is 2.75. The number of carbonyl (C=O) groups excluding carboxylic acids is 1. The van der Waals surface area contributed by atoms with Crippen LogP contribution >= 0.6 is 11.6 Å². The number of fused-ring (bicyclic) bond motifs is 1. The van der Waals surface area contributed by atoms with Crippen molar-refractivity contribution in [1.82, 2.24) is 5.32 Å². The van der Waals surface area contributed by atoms with Gasteiger partial charge < -0.3 is 14.8 Å². The number of ether oxygens (including phenoxy) is 2. The number of amides is 1. The van der Waals surface area contributed by atoms with Crippen molar-refractivity contribution in [3.05, 3.63) is 29.3 Å². The molecule has 3 atom stereocenters. The van der Waals surface area contributed by atoms with Gasteiger partial charge in [-0.05, 0) is 31.0 Å². The number of hydrogen-bond donors (Lipinski definition) is 1. The van der Waals surface area contributed by atoms with E-state index in [1.807, 2.05) is 0 Å². The molecule has 1 N–H and O–H groups in total. The fourth-order valence-electron chi connectivity index (χ4n) is 2.72. The molecule has 0 radical (unpaired) electrons. The van der Waals surface area contributed by atoms with Crippen LogP contribution in [0.5, 0.6) is 5.75 Å². The van der Waals surface area contributed by atoms with Crippen LogP contribution in [0.4, 0.5) is 0 Å². The van der Waals surface area contributed by atoms with E-state index in [1.54, 1.807) is 24.3 Å². The molecule has 0 bridgehead atoms. The van der Waals surface area contributed by atoms with E-state index in [1.165, 1.54) is 0 Å². The van der Waals surface area contributed by atoms with Crippen molar-refractivity contribution in [3.63, 3.8) is 0 Å². The zero-order chi connectivity index (χ0) is 13.2. The Kier molecular flexibility index (Phi) is 3.62. The molecular weight excluding hydrogens is 266 g/mol. The number of rotatable bonds is 4. The fraction of sp³-hybridized carbons (Fsp3) is 0.500. The van der Waals surface area contributed by atoms with Crippen molar-refractivity contribution in [2.45, 2.75) is 25.0 Å². The molecule has 4 nitrogen and oxygen atoms in total. The Morgan fingerprint density at radius 1 is 1.53 bits per heavy atom. The van der Waals surface area contributed by atoms with Gasteiger partial charge in [0.2, 0.25) is 0 Å². The molecule has 1 aliphatic heterocycles. The largest absolute Gasteiger partial charge is 0.484 e. The summed E-state index contributed by atoms with van der Waals surface area (Å²) in [7, 11) is 0. The summed E-state index contributed by atoms with van der Waals surface area (Å²) >= 11 is 5.84. The lowest BCUT2D eigenvalue weighted by molar-refractivity contribution is -0.126. The summed E-state index contributed by atoms with van der Waals surface area (Å²) in [6.07, 6.45) is 2.33. The normalized spacial score (nSPS) is 28.4. The Balaban J connectivity index is 1.44. The molecule has 0 unspecified atom stereocenters. The number of hydrogen-bond acceptors (Lipinski definition) is 3. The van der Waals surface area contributed by atoms with Crippen molar-refractivity contribution >= 4 is 17.5 Å². The van der Waals surface area contributed by atoms with Crippen LogP contribution < -0.4 is 10.1 Å². The van der Waals surface area contributed by atoms with Gasteiger partial charge in [0.25, 0.3) is 5.91 Å². The van der Waals surface area contributed by atoms with E-state index < -0.39 is 0 Å². The van der Waals surface area contributed by atoms with Crippen LogP contribution in [0.3, 0.4) is 0 Å². The summed E-state index contributed by atoms with van der Waals surface area (Å²) in [6.45, 7) is 0.843. The van der Waals surface area contributed by atoms with Crippen LogP contribution in [0, 0.1) is 5.92 Å². The standard InChI is InChI=1S/C14H16ClNO3/c15-9-2-1-3-10(6-9)19-8-14(17)16-12-7-13-11(12)4-5-18-13/h1-3,6,11-13H,4-5,7-8H2,(H,16,17)/t11-,12+,13+/m0/s1. The molecule has 1 saturated heterocycles. The Hall–Kier alpha value is -1.26. The molecular formula is C14H16ClNO3. The Bertz CT molecular complexity index is 480. The van der Waals surface area contributed by atoms with Crippen LogP contribution in [0.25, 0.3) is 0 Å². The number of nitrogens with one attached hydrogen (secondary N) is 1. The van der Waals surface area contributed by atoms with Gasteiger partial charge in [0.1, 0.15) is 5.75 Å². The van der Waals surface area contributed by atoms with Gasteiger partial charge in [0.15, 0.2) is 6.61 Å². The van der Waals surface area contributed by atoms with Gasteiger partial charge in [0, 0.05) is 23.6 Å².